The topological polar surface area (TPSA) is 103 Å². The summed E-state index contributed by atoms with van der Waals surface area (Å²) in [6, 6.07) is 14.7. The van der Waals surface area contributed by atoms with E-state index in [4.69, 9.17) is 10.00 Å². The van der Waals surface area contributed by atoms with E-state index >= 15 is 0 Å². The number of nitrogens with zero attached hydrogens (tertiary/aromatic N) is 1. The van der Waals surface area contributed by atoms with Crippen LogP contribution in [0.3, 0.4) is 0 Å². The molecule has 2 aromatic carbocycles. The Balaban J connectivity index is 1.82. The van der Waals surface area contributed by atoms with Gasteiger partial charge in [0.1, 0.15) is 12.7 Å². The summed E-state index contributed by atoms with van der Waals surface area (Å²) in [5, 5.41) is 32.3. The Morgan fingerprint density at radius 1 is 1.19 bits per heavy atom. The summed E-state index contributed by atoms with van der Waals surface area (Å²) < 4.78 is 5.09. The van der Waals surface area contributed by atoms with Gasteiger partial charge in [-0.15, -0.1) is 0 Å². The van der Waals surface area contributed by atoms with Crippen molar-refractivity contribution in [3.05, 3.63) is 70.3 Å². The Morgan fingerprint density at radius 3 is 2.41 bits per heavy atom. The molecule has 27 heavy (non-hydrogen) atoms. The molecule has 0 radical (unpaired) electrons. The van der Waals surface area contributed by atoms with Gasteiger partial charge in [-0.05, 0) is 54.7 Å². The molecule has 0 aliphatic carbocycles. The van der Waals surface area contributed by atoms with Crippen LogP contribution in [0.4, 0.5) is 4.79 Å². The number of benzene rings is 2. The summed E-state index contributed by atoms with van der Waals surface area (Å²) in [7, 11) is 0. The smallest absolute Gasteiger partial charge is 0.407 e. The van der Waals surface area contributed by atoms with Crippen LogP contribution >= 0.6 is 0 Å². The highest BCUT2D eigenvalue weighted by atomic mass is 16.5. The van der Waals surface area contributed by atoms with Crippen molar-refractivity contribution in [3.8, 4) is 6.07 Å². The number of hydrogen-bond acceptors (Lipinski definition) is 5. The molecule has 0 saturated heterocycles. The van der Waals surface area contributed by atoms with Gasteiger partial charge in [-0.3, -0.25) is 0 Å². The van der Waals surface area contributed by atoms with Crippen LogP contribution in [-0.4, -0.2) is 29.0 Å². The van der Waals surface area contributed by atoms with Crippen LogP contribution in [0.25, 0.3) is 0 Å². The van der Waals surface area contributed by atoms with Gasteiger partial charge in [-0.1, -0.05) is 30.3 Å². The molecule has 3 N–H and O–H groups in total. The second-order valence-corrected chi connectivity index (χ2v) is 6.42. The summed E-state index contributed by atoms with van der Waals surface area (Å²) in [6.45, 7) is 3.92. The van der Waals surface area contributed by atoms with E-state index in [2.05, 4.69) is 11.4 Å². The highest BCUT2D eigenvalue weighted by Crippen LogP contribution is 2.27. The van der Waals surface area contributed by atoms with Crippen LogP contribution in [0.2, 0.25) is 0 Å². The van der Waals surface area contributed by atoms with Gasteiger partial charge in [-0.25, -0.2) is 4.79 Å². The average molecular weight is 368 g/mol. The molecule has 142 valence electrons. The molecular formula is C21H24N2O4. The van der Waals surface area contributed by atoms with Crippen LogP contribution < -0.4 is 5.32 Å². The largest absolute Gasteiger partial charge is 0.445 e. The van der Waals surface area contributed by atoms with E-state index in [1.54, 1.807) is 26.0 Å². The normalized spacial score (nSPS) is 12.7. The van der Waals surface area contributed by atoms with Gasteiger partial charge in [0.2, 0.25) is 0 Å². The van der Waals surface area contributed by atoms with E-state index in [1.807, 2.05) is 30.3 Å². The van der Waals surface area contributed by atoms with Gasteiger partial charge < -0.3 is 20.3 Å². The van der Waals surface area contributed by atoms with E-state index in [0.29, 0.717) is 11.1 Å². The molecule has 0 aliphatic rings. The summed E-state index contributed by atoms with van der Waals surface area (Å²) in [5.74, 6) is 0. The van der Waals surface area contributed by atoms with Gasteiger partial charge in [-0.2, -0.15) is 5.26 Å². The Hall–Kier alpha value is -2.88. The maximum atomic E-state index is 11.7. The number of aliphatic hydroxyl groups is 2. The van der Waals surface area contributed by atoms with Crippen LogP contribution in [0, 0.1) is 25.2 Å². The number of nitriles is 1. The van der Waals surface area contributed by atoms with Crippen molar-refractivity contribution < 1.29 is 19.7 Å². The minimum atomic E-state index is -1.10. The fourth-order valence-corrected chi connectivity index (χ4v) is 2.95. The SMILES string of the molecule is Cc1cc(C#N)cc(C)c1C(O)C(O)CCNC(=O)OCc1ccccc1. The maximum absolute atomic E-state index is 11.7. The number of aliphatic hydroxyl groups excluding tert-OH is 2. The molecule has 0 spiro atoms. The zero-order chi connectivity index (χ0) is 19.8. The first-order chi connectivity index (χ1) is 12.9. The number of nitrogens with one attached hydrogen (secondary N) is 1. The number of amides is 1. The molecule has 0 saturated carbocycles. The Bertz CT molecular complexity index is 792. The van der Waals surface area contributed by atoms with Gasteiger partial charge in [0.15, 0.2) is 0 Å². The minimum Gasteiger partial charge on any atom is -0.445 e. The third-order valence-corrected chi connectivity index (χ3v) is 4.31. The lowest BCUT2D eigenvalue weighted by Crippen LogP contribution is -2.30. The first kappa shape index (κ1) is 20.4. The number of aryl methyl sites for hydroxylation is 2. The molecule has 0 aromatic heterocycles. The van der Waals surface area contributed by atoms with Crippen molar-refractivity contribution >= 4 is 6.09 Å². The Kier molecular flexibility index (Phi) is 7.35. The van der Waals surface area contributed by atoms with E-state index < -0.39 is 18.3 Å². The van der Waals surface area contributed by atoms with Crippen molar-refractivity contribution in [3.63, 3.8) is 0 Å². The fraction of sp³-hybridized carbons (Fsp3) is 0.333. The molecule has 6 heteroatoms. The maximum Gasteiger partial charge on any atom is 0.407 e. The summed E-state index contributed by atoms with van der Waals surface area (Å²) in [4.78, 5) is 11.7. The van der Waals surface area contributed by atoms with Gasteiger partial charge in [0.05, 0.1) is 17.7 Å². The van der Waals surface area contributed by atoms with Crippen molar-refractivity contribution in [1.82, 2.24) is 5.32 Å². The Morgan fingerprint density at radius 2 is 1.81 bits per heavy atom. The van der Waals surface area contributed by atoms with E-state index in [-0.39, 0.29) is 19.6 Å². The lowest BCUT2D eigenvalue weighted by molar-refractivity contribution is 0.0129. The van der Waals surface area contributed by atoms with Crippen molar-refractivity contribution in [2.24, 2.45) is 0 Å². The van der Waals surface area contributed by atoms with Crippen LogP contribution in [0.1, 0.15) is 40.3 Å². The fourth-order valence-electron chi connectivity index (χ4n) is 2.95. The zero-order valence-electron chi connectivity index (χ0n) is 15.5. The molecule has 6 nitrogen and oxygen atoms in total. The third kappa shape index (κ3) is 5.81. The molecule has 2 atom stereocenters. The molecule has 0 bridgehead atoms. The number of hydrogen-bond donors (Lipinski definition) is 3. The third-order valence-electron chi connectivity index (χ3n) is 4.31. The second-order valence-electron chi connectivity index (χ2n) is 6.42. The number of rotatable bonds is 7. The first-order valence-electron chi connectivity index (χ1n) is 8.74. The molecule has 0 fully saturated rings. The molecular weight excluding hydrogens is 344 g/mol. The van der Waals surface area contributed by atoms with Crippen LogP contribution in [-0.2, 0) is 11.3 Å². The van der Waals surface area contributed by atoms with Crippen molar-refractivity contribution in [2.75, 3.05) is 6.54 Å². The van der Waals surface area contributed by atoms with Crippen LogP contribution in [0.5, 0.6) is 0 Å². The first-order valence-corrected chi connectivity index (χ1v) is 8.74. The van der Waals surface area contributed by atoms with Gasteiger partial charge >= 0.3 is 6.09 Å². The molecule has 2 aromatic rings. The van der Waals surface area contributed by atoms with E-state index in [0.717, 1.165) is 16.7 Å². The van der Waals surface area contributed by atoms with Crippen LogP contribution in [0.15, 0.2) is 42.5 Å². The standard InChI is InChI=1S/C21H24N2O4/c1-14-10-17(12-22)11-15(2)19(14)20(25)18(24)8-9-23-21(26)27-13-16-6-4-3-5-7-16/h3-7,10-11,18,20,24-25H,8-9,13H2,1-2H3,(H,23,26). The zero-order valence-corrected chi connectivity index (χ0v) is 15.5. The Labute approximate surface area is 159 Å². The van der Waals surface area contributed by atoms with Gasteiger partial charge in [0.25, 0.3) is 0 Å². The van der Waals surface area contributed by atoms with Crippen molar-refractivity contribution in [2.45, 2.75) is 39.1 Å². The number of carbonyl (C=O) groups is 1. The average Bonchev–Trinajstić information content (AvgIpc) is 2.66. The van der Waals surface area contributed by atoms with E-state index in [1.165, 1.54) is 0 Å². The van der Waals surface area contributed by atoms with E-state index in [9.17, 15) is 15.0 Å². The summed E-state index contributed by atoms with van der Waals surface area (Å²) >= 11 is 0. The molecule has 0 aliphatic heterocycles. The molecule has 0 heterocycles. The molecule has 2 unspecified atom stereocenters. The lowest BCUT2D eigenvalue weighted by atomic mass is 9.92. The number of ether oxygens (including phenoxy) is 1. The van der Waals surface area contributed by atoms with Gasteiger partial charge in [0, 0.05) is 6.54 Å². The highest BCUT2D eigenvalue weighted by molar-refractivity contribution is 5.67. The predicted octanol–water partition coefficient (Wildman–Crippen LogP) is 2.89. The quantitative estimate of drug-likeness (QED) is 0.697. The molecule has 2 rings (SSSR count). The molecule has 1 amide bonds. The van der Waals surface area contributed by atoms with Crippen molar-refractivity contribution in [1.29, 1.82) is 5.26 Å². The monoisotopic (exact) mass is 368 g/mol. The summed E-state index contributed by atoms with van der Waals surface area (Å²) in [6.07, 6.45) is -2.56. The number of carbonyl (C=O) groups excluding carboxylic acids is 1. The minimum absolute atomic E-state index is 0.167. The number of alkyl carbamates (subject to hydrolysis) is 1. The second kappa shape index (κ2) is 9.72. The predicted molar refractivity (Wildman–Crippen MR) is 101 cm³/mol. The summed E-state index contributed by atoms with van der Waals surface area (Å²) in [5.41, 5.74) is 3.49. The highest BCUT2D eigenvalue weighted by Gasteiger charge is 2.22. The lowest BCUT2D eigenvalue weighted by Gasteiger charge is -2.22.